The average molecular weight is 327 g/mol. The Morgan fingerprint density at radius 1 is 1.29 bits per heavy atom. The van der Waals surface area contributed by atoms with E-state index < -0.39 is 0 Å². The summed E-state index contributed by atoms with van der Waals surface area (Å²) in [6.07, 6.45) is 3.54. The van der Waals surface area contributed by atoms with Crippen molar-refractivity contribution < 1.29 is 9.18 Å². The van der Waals surface area contributed by atoms with Crippen molar-refractivity contribution in [2.75, 3.05) is 19.6 Å². The van der Waals surface area contributed by atoms with Crippen LogP contribution in [-0.2, 0) is 0 Å². The maximum absolute atomic E-state index is 12.9. The Labute approximate surface area is 141 Å². The van der Waals surface area contributed by atoms with Crippen LogP contribution in [0.4, 0.5) is 4.39 Å². The minimum absolute atomic E-state index is 0.0587. The number of pyridine rings is 1. The number of nitrogens with one attached hydrogen (secondary N) is 1. The zero-order chi connectivity index (χ0) is 16.9. The highest BCUT2D eigenvalue weighted by molar-refractivity contribution is 5.94. The molecule has 1 atom stereocenters. The van der Waals surface area contributed by atoms with Gasteiger partial charge >= 0.3 is 0 Å². The van der Waals surface area contributed by atoms with Gasteiger partial charge in [0.25, 0.3) is 5.91 Å². The molecule has 1 saturated heterocycles. The fourth-order valence-electron chi connectivity index (χ4n) is 3.19. The number of likely N-dealkylation sites (tertiary alicyclic amines) is 1. The van der Waals surface area contributed by atoms with E-state index in [4.69, 9.17) is 0 Å². The van der Waals surface area contributed by atoms with Gasteiger partial charge in [-0.1, -0.05) is 19.1 Å². The van der Waals surface area contributed by atoms with Crippen LogP contribution in [0.5, 0.6) is 0 Å². The fourth-order valence-corrected chi connectivity index (χ4v) is 3.19. The zero-order valence-electron chi connectivity index (χ0n) is 13.8. The lowest BCUT2D eigenvalue weighted by Crippen LogP contribution is -2.40. The van der Waals surface area contributed by atoms with Crippen LogP contribution in [0.3, 0.4) is 0 Å². The highest BCUT2D eigenvalue weighted by atomic mass is 19.1. The summed E-state index contributed by atoms with van der Waals surface area (Å²) in [7, 11) is 0. The summed E-state index contributed by atoms with van der Waals surface area (Å²) in [6, 6.07) is 10.7. The smallest absolute Gasteiger partial charge is 0.251 e. The minimum atomic E-state index is -0.359. The molecule has 3 rings (SSSR count). The van der Waals surface area contributed by atoms with E-state index in [2.05, 4.69) is 22.1 Å². The number of aromatic nitrogens is 1. The van der Waals surface area contributed by atoms with Gasteiger partial charge in [-0.15, -0.1) is 0 Å². The average Bonchev–Trinajstić information content (AvgIpc) is 3.08. The minimum Gasteiger partial charge on any atom is -0.350 e. The second kappa shape index (κ2) is 7.53. The molecule has 1 amide bonds. The van der Waals surface area contributed by atoms with Crippen LogP contribution in [0.2, 0.25) is 0 Å². The van der Waals surface area contributed by atoms with Gasteiger partial charge in [0.15, 0.2) is 0 Å². The second-order valence-electron chi connectivity index (χ2n) is 6.07. The Morgan fingerprint density at radius 2 is 2.08 bits per heavy atom. The van der Waals surface area contributed by atoms with Gasteiger partial charge < -0.3 is 5.32 Å². The lowest BCUT2D eigenvalue weighted by molar-refractivity contribution is 0.0941. The van der Waals surface area contributed by atoms with E-state index in [1.165, 1.54) is 18.7 Å². The molecule has 1 fully saturated rings. The first-order valence-electron chi connectivity index (χ1n) is 8.41. The number of halogens is 1. The predicted octanol–water partition coefficient (Wildman–Crippen LogP) is 3.10. The normalized spacial score (nSPS) is 17.8. The molecule has 4 nitrogen and oxygen atoms in total. The summed E-state index contributed by atoms with van der Waals surface area (Å²) in [4.78, 5) is 18.7. The van der Waals surface area contributed by atoms with E-state index in [0.29, 0.717) is 23.8 Å². The Hall–Kier alpha value is -2.27. The topological polar surface area (TPSA) is 45.2 Å². The molecule has 1 N–H and O–H groups in total. The molecule has 0 unspecified atom stereocenters. The first-order valence-corrected chi connectivity index (χ1v) is 8.41. The summed E-state index contributed by atoms with van der Waals surface area (Å²) in [6.45, 7) is 4.99. The van der Waals surface area contributed by atoms with E-state index >= 15 is 0 Å². The predicted molar refractivity (Wildman–Crippen MR) is 92.2 cm³/mol. The van der Waals surface area contributed by atoms with Crippen molar-refractivity contribution in [3.05, 3.63) is 54.0 Å². The molecule has 0 saturated carbocycles. The van der Waals surface area contributed by atoms with E-state index in [1.807, 2.05) is 12.1 Å². The monoisotopic (exact) mass is 327 g/mol. The number of rotatable bonds is 5. The molecule has 24 heavy (non-hydrogen) atoms. The van der Waals surface area contributed by atoms with E-state index in [9.17, 15) is 9.18 Å². The van der Waals surface area contributed by atoms with E-state index in [0.717, 1.165) is 25.1 Å². The molecule has 1 aromatic carbocycles. The maximum atomic E-state index is 12.9. The first-order chi connectivity index (χ1) is 11.7. The third-order valence-corrected chi connectivity index (χ3v) is 4.57. The van der Waals surface area contributed by atoms with Crippen molar-refractivity contribution in [1.29, 1.82) is 0 Å². The molecule has 0 spiro atoms. The highest BCUT2D eigenvalue weighted by Crippen LogP contribution is 2.18. The molecule has 2 heterocycles. The van der Waals surface area contributed by atoms with Crippen LogP contribution in [0.1, 0.15) is 30.1 Å². The summed E-state index contributed by atoms with van der Waals surface area (Å²) in [5, 5.41) is 3.03. The molecule has 0 bridgehead atoms. The Morgan fingerprint density at radius 3 is 2.75 bits per heavy atom. The van der Waals surface area contributed by atoms with Crippen LogP contribution in [0.15, 0.2) is 42.6 Å². The molecule has 5 heteroatoms. The van der Waals surface area contributed by atoms with Crippen molar-refractivity contribution in [2.45, 2.75) is 25.8 Å². The van der Waals surface area contributed by atoms with E-state index in [1.54, 1.807) is 18.2 Å². The number of carbonyl (C=O) groups excluding carboxylic acids is 1. The lowest BCUT2D eigenvalue weighted by atomic mass is 10.1. The van der Waals surface area contributed by atoms with Crippen molar-refractivity contribution >= 4 is 5.91 Å². The number of hydrogen-bond donors (Lipinski definition) is 1. The molecule has 1 aliphatic heterocycles. The maximum Gasteiger partial charge on any atom is 0.251 e. The van der Waals surface area contributed by atoms with Crippen LogP contribution < -0.4 is 5.32 Å². The Kier molecular flexibility index (Phi) is 5.20. The Bertz CT molecular complexity index is 685. The van der Waals surface area contributed by atoms with Gasteiger partial charge in [0.05, 0.1) is 11.9 Å². The molecule has 1 aromatic heterocycles. The Balaban J connectivity index is 1.60. The summed E-state index contributed by atoms with van der Waals surface area (Å²) >= 11 is 0. The number of carbonyl (C=O) groups is 1. The van der Waals surface area contributed by atoms with Crippen molar-refractivity contribution in [3.63, 3.8) is 0 Å². The molecule has 1 aliphatic rings. The molecule has 0 radical (unpaired) electrons. The highest BCUT2D eigenvalue weighted by Gasteiger charge is 2.23. The molecular weight excluding hydrogens is 305 g/mol. The van der Waals surface area contributed by atoms with Gasteiger partial charge in [0, 0.05) is 23.7 Å². The van der Waals surface area contributed by atoms with Crippen LogP contribution >= 0.6 is 0 Å². The standard InChI is InChI=1S/C19H22FN3O/c1-2-23-11-3-4-17(23)13-22-19(24)15-7-5-14(6-8-15)18-10-9-16(20)12-21-18/h5-10,12,17H,2-4,11,13H2,1H3,(H,22,24)/t17-/m1/s1. The number of benzene rings is 1. The summed E-state index contributed by atoms with van der Waals surface area (Å²) < 4.78 is 12.9. The van der Waals surface area contributed by atoms with Crippen molar-refractivity contribution in [3.8, 4) is 11.3 Å². The van der Waals surface area contributed by atoms with Gasteiger partial charge in [0.2, 0.25) is 0 Å². The van der Waals surface area contributed by atoms with Gasteiger partial charge in [0.1, 0.15) is 5.82 Å². The molecule has 2 aromatic rings. The van der Waals surface area contributed by atoms with Crippen LogP contribution in [0.25, 0.3) is 11.3 Å². The summed E-state index contributed by atoms with van der Waals surface area (Å²) in [5.74, 6) is -0.417. The number of hydrogen-bond acceptors (Lipinski definition) is 3. The van der Waals surface area contributed by atoms with Gasteiger partial charge in [-0.25, -0.2) is 4.39 Å². The van der Waals surface area contributed by atoms with Crippen molar-refractivity contribution in [2.24, 2.45) is 0 Å². The fraction of sp³-hybridized carbons (Fsp3) is 0.368. The van der Waals surface area contributed by atoms with Gasteiger partial charge in [-0.3, -0.25) is 14.7 Å². The quantitative estimate of drug-likeness (QED) is 0.918. The third-order valence-electron chi connectivity index (χ3n) is 4.57. The van der Waals surface area contributed by atoms with Crippen molar-refractivity contribution in [1.82, 2.24) is 15.2 Å². The molecular formula is C19H22FN3O. The van der Waals surface area contributed by atoms with Crippen LogP contribution in [-0.4, -0.2) is 41.5 Å². The SMILES string of the molecule is CCN1CCC[C@@H]1CNC(=O)c1ccc(-c2ccc(F)cn2)cc1. The largest absolute Gasteiger partial charge is 0.350 e. The lowest BCUT2D eigenvalue weighted by Gasteiger charge is -2.22. The number of amides is 1. The number of likely N-dealkylation sites (N-methyl/N-ethyl adjacent to an activating group) is 1. The van der Waals surface area contributed by atoms with Gasteiger partial charge in [-0.2, -0.15) is 0 Å². The molecule has 126 valence electrons. The van der Waals surface area contributed by atoms with E-state index in [-0.39, 0.29) is 11.7 Å². The first kappa shape index (κ1) is 16.6. The van der Waals surface area contributed by atoms with Gasteiger partial charge in [-0.05, 0) is 50.2 Å². The number of nitrogens with zero attached hydrogens (tertiary/aromatic N) is 2. The zero-order valence-corrected chi connectivity index (χ0v) is 13.8. The second-order valence-corrected chi connectivity index (χ2v) is 6.07. The van der Waals surface area contributed by atoms with Crippen LogP contribution in [0, 0.1) is 5.82 Å². The third kappa shape index (κ3) is 3.79. The molecule has 0 aliphatic carbocycles. The summed E-state index contributed by atoms with van der Waals surface area (Å²) in [5.41, 5.74) is 2.18.